The Kier molecular flexibility index (Phi) is 3.55. The number of hydrogen-bond donors (Lipinski definition) is 1. The molecule has 3 nitrogen and oxygen atoms in total. The highest BCUT2D eigenvalue weighted by molar-refractivity contribution is 5.47. The zero-order valence-electron chi connectivity index (χ0n) is 8.21. The van der Waals surface area contributed by atoms with E-state index in [-0.39, 0.29) is 0 Å². The van der Waals surface area contributed by atoms with Gasteiger partial charge in [-0.3, -0.25) is 0 Å². The first-order valence-electron chi connectivity index (χ1n) is 4.60. The van der Waals surface area contributed by atoms with Gasteiger partial charge in [-0.1, -0.05) is 13.3 Å². The predicted octanol–water partition coefficient (Wildman–Crippen LogP) is 2.15. The molecule has 0 aliphatic carbocycles. The van der Waals surface area contributed by atoms with Gasteiger partial charge < -0.3 is 10.5 Å². The molecule has 2 N–H and O–H groups in total. The lowest BCUT2D eigenvalue weighted by Gasteiger charge is -2.07. The van der Waals surface area contributed by atoms with Gasteiger partial charge in [0, 0.05) is 5.69 Å². The maximum Gasteiger partial charge on any atom is 0.237 e. The summed E-state index contributed by atoms with van der Waals surface area (Å²) in [4.78, 5) is 4.20. The number of rotatable bonds is 4. The summed E-state index contributed by atoms with van der Waals surface area (Å²) >= 11 is 0. The number of nitrogen functional groups attached to an aromatic ring is 1. The number of nitrogens with zero attached hydrogens (tertiary/aromatic N) is 1. The van der Waals surface area contributed by atoms with Gasteiger partial charge >= 0.3 is 0 Å². The molecular formula is C10H16N2O. The fraction of sp³-hybridized carbons (Fsp3) is 0.500. The standard InChI is InChI=1S/C10H16N2O/c1-3-4-7-13-10-9(11)6-5-8(2)12-10/h5-6H,3-4,7,11H2,1-2H3. The Labute approximate surface area is 78.9 Å². The van der Waals surface area contributed by atoms with E-state index in [0.717, 1.165) is 18.5 Å². The van der Waals surface area contributed by atoms with E-state index in [9.17, 15) is 0 Å². The Balaban J connectivity index is 2.59. The SMILES string of the molecule is CCCCOc1nc(C)ccc1N. The third-order valence-corrected chi connectivity index (χ3v) is 1.77. The lowest BCUT2D eigenvalue weighted by molar-refractivity contribution is 0.299. The zero-order valence-corrected chi connectivity index (χ0v) is 8.21. The van der Waals surface area contributed by atoms with E-state index in [4.69, 9.17) is 10.5 Å². The molecule has 0 saturated heterocycles. The van der Waals surface area contributed by atoms with Crippen LogP contribution in [0.25, 0.3) is 0 Å². The number of aromatic nitrogens is 1. The van der Waals surface area contributed by atoms with Crippen molar-refractivity contribution in [1.29, 1.82) is 0 Å². The van der Waals surface area contributed by atoms with Gasteiger partial charge in [0.2, 0.25) is 5.88 Å². The van der Waals surface area contributed by atoms with Gasteiger partial charge in [0.25, 0.3) is 0 Å². The molecule has 0 aliphatic rings. The molecule has 0 atom stereocenters. The predicted molar refractivity (Wildman–Crippen MR) is 53.8 cm³/mol. The highest BCUT2D eigenvalue weighted by Crippen LogP contribution is 2.18. The summed E-state index contributed by atoms with van der Waals surface area (Å²) in [6.07, 6.45) is 2.15. The molecule has 1 rings (SSSR count). The largest absolute Gasteiger partial charge is 0.476 e. The minimum Gasteiger partial charge on any atom is -0.476 e. The second kappa shape index (κ2) is 4.70. The van der Waals surface area contributed by atoms with Crippen LogP contribution in [0.15, 0.2) is 12.1 Å². The van der Waals surface area contributed by atoms with Crippen molar-refractivity contribution in [2.75, 3.05) is 12.3 Å². The molecule has 1 aromatic heterocycles. The molecule has 13 heavy (non-hydrogen) atoms. The van der Waals surface area contributed by atoms with Crippen molar-refractivity contribution in [2.45, 2.75) is 26.7 Å². The molecule has 0 bridgehead atoms. The number of anilines is 1. The molecule has 0 fully saturated rings. The summed E-state index contributed by atoms with van der Waals surface area (Å²) in [5.74, 6) is 0.563. The average Bonchev–Trinajstić information content (AvgIpc) is 2.11. The Hall–Kier alpha value is -1.25. The summed E-state index contributed by atoms with van der Waals surface area (Å²) in [6.45, 7) is 4.74. The van der Waals surface area contributed by atoms with Gasteiger partial charge in [0.1, 0.15) is 0 Å². The summed E-state index contributed by atoms with van der Waals surface area (Å²) in [7, 11) is 0. The monoisotopic (exact) mass is 180 g/mol. The fourth-order valence-electron chi connectivity index (χ4n) is 0.972. The molecule has 0 amide bonds. The van der Waals surface area contributed by atoms with E-state index in [1.54, 1.807) is 0 Å². The summed E-state index contributed by atoms with van der Waals surface area (Å²) < 4.78 is 5.42. The first-order chi connectivity index (χ1) is 6.24. The van der Waals surface area contributed by atoms with E-state index >= 15 is 0 Å². The molecule has 0 unspecified atom stereocenters. The average molecular weight is 180 g/mol. The molecule has 0 saturated carbocycles. The molecule has 3 heteroatoms. The fourth-order valence-corrected chi connectivity index (χ4v) is 0.972. The van der Waals surface area contributed by atoms with Gasteiger partial charge in [0.15, 0.2) is 0 Å². The second-order valence-corrected chi connectivity index (χ2v) is 3.05. The number of hydrogen-bond acceptors (Lipinski definition) is 3. The van der Waals surface area contributed by atoms with Crippen LogP contribution in [0.1, 0.15) is 25.5 Å². The number of nitrogens with two attached hydrogens (primary N) is 1. The van der Waals surface area contributed by atoms with E-state index in [1.165, 1.54) is 0 Å². The molecule has 1 aromatic rings. The van der Waals surface area contributed by atoms with Crippen LogP contribution in [0.3, 0.4) is 0 Å². The quantitative estimate of drug-likeness (QED) is 0.722. The van der Waals surface area contributed by atoms with E-state index in [0.29, 0.717) is 18.2 Å². The Bertz CT molecular complexity index is 274. The molecule has 0 aliphatic heterocycles. The normalized spacial score (nSPS) is 10.0. The second-order valence-electron chi connectivity index (χ2n) is 3.05. The maximum atomic E-state index is 5.68. The molecule has 0 spiro atoms. The van der Waals surface area contributed by atoms with Crippen LogP contribution in [0.2, 0.25) is 0 Å². The van der Waals surface area contributed by atoms with Crippen LogP contribution >= 0.6 is 0 Å². The summed E-state index contributed by atoms with van der Waals surface area (Å²) in [5, 5.41) is 0. The summed E-state index contributed by atoms with van der Waals surface area (Å²) in [6, 6.07) is 3.70. The van der Waals surface area contributed by atoms with Crippen LogP contribution < -0.4 is 10.5 Å². The molecular weight excluding hydrogens is 164 g/mol. The van der Waals surface area contributed by atoms with Gasteiger partial charge in [-0.15, -0.1) is 0 Å². The lowest BCUT2D eigenvalue weighted by Crippen LogP contribution is -2.02. The van der Waals surface area contributed by atoms with Crippen molar-refractivity contribution in [2.24, 2.45) is 0 Å². The molecule has 1 heterocycles. The van der Waals surface area contributed by atoms with Crippen molar-refractivity contribution >= 4 is 5.69 Å². The lowest BCUT2D eigenvalue weighted by atomic mass is 10.3. The van der Waals surface area contributed by atoms with Gasteiger partial charge in [-0.2, -0.15) is 0 Å². The number of unbranched alkanes of at least 4 members (excludes halogenated alkanes) is 1. The van der Waals surface area contributed by atoms with Crippen LogP contribution in [-0.4, -0.2) is 11.6 Å². The van der Waals surface area contributed by atoms with E-state index < -0.39 is 0 Å². The third-order valence-electron chi connectivity index (χ3n) is 1.77. The van der Waals surface area contributed by atoms with Gasteiger partial charge in [-0.25, -0.2) is 4.98 Å². The Morgan fingerprint density at radius 2 is 2.23 bits per heavy atom. The van der Waals surface area contributed by atoms with E-state index in [1.807, 2.05) is 19.1 Å². The zero-order chi connectivity index (χ0) is 9.68. The number of aryl methyl sites for hydroxylation is 1. The topological polar surface area (TPSA) is 48.1 Å². The van der Waals surface area contributed by atoms with Crippen molar-refractivity contribution in [1.82, 2.24) is 4.98 Å². The first kappa shape index (κ1) is 9.84. The summed E-state index contributed by atoms with van der Waals surface area (Å²) in [5.41, 5.74) is 7.23. The number of pyridine rings is 1. The van der Waals surface area contributed by atoms with Crippen LogP contribution in [0.5, 0.6) is 5.88 Å². The van der Waals surface area contributed by atoms with Crippen LogP contribution in [-0.2, 0) is 0 Å². The molecule has 0 radical (unpaired) electrons. The van der Waals surface area contributed by atoms with Crippen molar-refractivity contribution in [3.05, 3.63) is 17.8 Å². The van der Waals surface area contributed by atoms with Gasteiger partial charge in [0.05, 0.1) is 12.3 Å². The Morgan fingerprint density at radius 1 is 1.46 bits per heavy atom. The van der Waals surface area contributed by atoms with E-state index in [2.05, 4.69) is 11.9 Å². The molecule has 0 aromatic carbocycles. The van der Waals surface area contributed by atoms with Crippen molar-refractivity contribution in [3.63, 3.8) is 0 Å². The first-order valence-corrected chi connectivity index (χ1v) is 4.60. The molecule has 72 valence electrons. The van der Waals surface area contributed by atoms with Crippen molar-refractivity contribution < 1.29 is 4.74 Å². The highest BCUT2D eigenvalue weighted by Gasteiger charge is 2.00. The van der Waals surface area contributed by atoms with Crippen LogP contribution in [0, 0.1) is 6.92 Å². The van der Waals surface area contributed by atoms with Crippen LogP contribution in [0.4, 0.5) is 5.69 Å². The Morgan fingerprint density at radius 3 is 2.92 bits per heavy atom. The van der Waals surface area contributed by atoms with Crippen molar-refractivity contribution in [3.8, 4) is 5.88 Å². The smallest absolute Gasteiger partial charge is 0.237 e. The maximum absolute atomic E-state index is 5.68. The minimum atomic E-state index is 0.563. The third kappa shape index (κ3) is 2.93. The highest BCUT2D eigenvalue weighted by atomic mass is 16.5. The van der Waals surface area contributed by atoms with Gasteiger partial charge in [-0.05, 0) is 25.5 Å². The number of ether oxygens (including phenoxy) is 1. The minimum absolute atomic E-state index is 0.563.